The van der Waals surface area contributed by atoms with Gasteiger partial charge in [-0.3, -0.25) is 4.79 Å². The average molecular weight is 297 g/mol. The summed E-state index contributed by atoms with van der Waals surface area (Å²) in [5.41, 5.74) is 1.37. The third-order valence-electron chi connectivity index (χ3n) is 2.77. The van der Waals surface area contributed by atoms with Gasteiger partial charge in [0.2, 0.25) is 0 Å². The van der Waals surface area contributed by atoms with Gasteiger partial charge in [0.15, 0.2) is 5.16 Å². The molecule has 0 saturated carbocycles. The van der Waals surface area contributed by atoms with E-state index in [9.17, 15) is 9.18 Å². The minimum atomic E-state index is -0.896. The minimum absolute atomic E-state index is 0.0617. The van der Waals surface area contributed by atoms with Gasteiger partial charge in [-0.25, -0.2) is 9.37 Å². The highest BCUT2D eigenvalue weighted by atomic mass is 32.2. The van der Waals surface area contributed by atoms with Crippen LogP contribution >= 0.6 is 11.8 Å². The summed E-state index contributed by atoms with van der Waals surface area (Å²) in [7, 11) is 3.92. The summed E-state index contributed by atoms with van der Waals surface area (Å²) in [5, 5.41) is 9.38. The number of benzene rings is 1. The number of nitrogens with zero attached hydrogens (tertiary/aromatic N) is 3. The summed E-state index contributed by atoms with van der Waals surface area (Å²) in [6, 6.07) is 4.44. The van der Waals surface area contributed by atoms with E-state index in [2.05, 4.69) is 4.98 Å². The number of fused-ring (bicyclic) bond motifs is 1. The van der Waals surface area contributed by atoms with Crippen LogP contribution in [0.2, 0.25) is 0 Å². The molecule has 1 aromatic carbocycles. The van der Waals surface area contributed by atoms with E-state index in [1.54, 1.807) is 6.07 Å². The molecule has 0 atom stereocenters. The zero-order valence-electron chi connectivity index (χ0n) is 11.3. The number of carbonyl (C=O) groups is 1. The second-order valence-electron chi connectivity index (χ2n) is 4.66. The molecule has 2 aromatic rings. The van der Waals surface area contributed by atoms with Gasteiger partial charge in [0.05, 0.1) is 16.8 Å². The first-order valence-electron chi connectivity index (χ1n) is 6.12. The number of halogens is 1. The second kappa shape index (κ2) is 6.23. The summed E-state index contributed by atoms with van der Waals surface area (Å²) in [6.07, 6.45) is 0. The molecule has 0 aliphatic heterocycles. The molecular formula is C13H16FN3O2S. The van der Waals surface area contributed by atoms with Crippen LogP contribution in [-0.2, 0) is 11.3 Å². The van der Waals surface area contributed by atoms with E-state index in [0.29, 0.717) is 17.2 Å². The quantitative estimate of drug-likeness (QED) is 0.825. The lowest BCUT2D eigenvalue weighted by atomic mass is 10.3. The lowest BCUT2D eigenvalue weighted by Gasteiger charge is -2.12. The van der Waals surface area contributed by atoms with Gasteiger partial charge >= 0.3 is 5.97 Å². The van der Waals surface area contributed by atoms with Gasteiger partial charge in [-0.1, -0.05) is 11.8 Å². The molecule has 5 nitrogen and oxygen atoms in total. The number of likely N-dealkylation sites (N-methyl/N-ethyl adjacent to an activating group) is 1. The largest absolute Gasteiger partial charge is 0.481 e. The monoisotopic (exact) mass is 297 g/mol. The number of carboxylic acid groups (broad SMARTS) is 1. The lowest BCUT2D eigenvalue weighted by Crippen LogP contribution is -2.19. The number of imidazole rings is 1. The number of aromatic nitrogens is 2. The summed E-state index contributed by atoms with van der Waals surface area (Å²) in [4.78, 5) is 17.0. The van der Waals surface area contributed by atoms with Crippen LogP contribution in [0.15, 0.2) is 23.4 Å². The Morgan fingerprint density at radius 1 is 1.50 bits per heavy atom. The fourth-order valence-electron chi connectivity index (χ4n) is 1.83. The predicted octanol–water partition coefficient (Wildman–Crippen LogP) is 1.91. The van der Waals surface area contributed by atoms with Crippen LogP contribution in [0.1, 0.15) is 0 Å². The molecule has 0 bridgehead atoms. The Morgan fingerprint density at radius 3 is 2.90 bits per heavy atom. The molecule has 1 aromatic heterocycles. The highest BCUT2D eigenvalue weighted by molar-refractivity contribution is 7.99. The topological polar surface area (TPSA) is 58.4 Å². The van der Waals surface area contributed by atoms with Crippen LogP contribution in [0, 0.1) is 5.82 Å². The van der Waals surface area contributed by atoms with Gasteiger partial charge in [-0.2, -0.15) is 0 Å². The van der Waals surface area contributed by atoms with Gasteiger partial charge in [-0.15, -0.1) is 0 Å². The van der Waals surface area contributed by atoms with Crippen molar-refractivity contribution in [1.82, 2.24) is 14.5 Å². The number of hydrogen-bond donors (Lipinski definition) is 1. The van der Waals surface area contributed by atoms with Crippen LogP contribution in [-0.4, -0.2) is 51.9 Å². The average Bonchev–Trinajstić information content (AvgIpc) is 2.70. The van der Waals surface area contributed by atoms with E-state index < -0.39 is 5.97 Å². The maximum absolute atomic E-state index is 13.2. The minimum Gasteiger partial charge on any atom is -0.481 e. The highest BCUT2D eigenvalue weighted by Crippen LogP contribution is 2.24. The summed E-state index contributed by atoms with van der Waals surface area (Å²) in [5.74, 6) is -1.30. The number of rotatable bonds is 6. The van der Waals surface area contributed by atoms with Crippen molar-refractivity contribution < 1.29 is 14.3 Å². The zero-order valence-corrected chi connectivity index (χ0v) is 12.2. The van der Waals surface area contributed by atoms with Gasteiger partial charge in [0, 0.05) is 19.2 Å². The van der Waals surface area contributed by atoms with E-state index >= 15 is 0 Å². The van der Waals surface area contributed by atoms with Gasteiger partial charge in [-0.05, 0) is 26.2 Å². The molecule has 108 valence electrons. The first-order valence-corrected chi connectivity index (χ1v) is 7.11. The van der Waals surface area contributed by atoms with E-state index in [-0.39, 0.29) is 11.6 Å². The molecule has 1 heterocycles. The van der Waals surface area contributed by atoms with Gasteiger partial charge in [0.1, 0.15) is 5.82 Å². The number of carboxylic acids is 1. The fraction of sp³-hybridized carbons (Fsp3) is 0.385. The first-order chi connectivity index (χ1) is 9.47. The third kappa shape index (κ3) is 3.49. The lowest BCUT2D eigenvalue weighted by molar-refractivity contribution is -0.133. The van der Waals surface area contributed by atoms with Crippen molar-refractivity contribution >= 4 is 28.8 Å². The maximum Gasteiger partial charge on any atom is 0.313 e. The second-order valence-corrected chi connectivity index (χ2v) is 5.61. The zero-order chi connectivity index (χ0) is 14.7. The third-order valence-corrected chi connectivity index (χ3v) is 3.73. The Balaban J connectivity index is 2.36. The molecule has 0 aliphatic carbocycles. The number of thioether (sulfide) groups is 1. The van der Waals surface area contributed by atoms with Crippen molar-refractivity contribution in [3.63, 3.8) is 0 Å². The molecule has 0 unspecified atom stereocenters. The summed E-state index contributed by atoms with van der Waals surface area (Å²) in [6.45, 7) is 1.47. The summed E-state index contributed by atoms with van der Waals surface area (Å²) >= 11 is 1.15. The predicted molar refractivity (Wildman–Crippen MR) is 76.6 cm³/mol. The van der Waals surface area contributed by atoms with E-state index in [1.807, 2.05) is 23.6 Å². The molecule has 0 spiro atoms. The van der Waals surface area contributed by atoms with Crippen LogP contribution in [0.4, 0.5) is 4.39 Å². The van der Waals surface area contributed by atoms with Gasteiger partial charge in [0.25, 0.3) is 0 Å². The van der Waals surface area contributed by atoms with Crippen molar-refractivity contribution in [2.75, 3.05) is 26.4 Å². The summed E-state index contributed by atoms with van der Waals surface area (Å²) < 4.78 is 15.2. The standard InChI is InChI=1S/C13H16FN3O2S/c1-16(2)5-6-17-11-4-3-9(14)7-10(11)15-13(17)20-8-12(18)19/h3-4,7H,5-6,8H2,1-2H3,(H,18,19). The number of aliphatic carboxylic acids is 1. The first kappa shape index (κ1) is 14.8. The van der Waals surface area contributed by atoms with Crippen molar-refractivity contribution in [1.29, 1.82) is 0 Å². The van der Waals surface area contributed by atoms with E-state index in [4.69, 9.17) is 5.11 Å². The van der Waals surface area contributed by atoms with E-state index in [1.165, 1.54) is 12.1 Å². The van der Waals surface area contributed by atoms with Crippen molar-refractivity contribution in [2.45, 2.75) is 11.7 Å². The van der Waals surface area contributed by atoms with Crippen LogP contribution in [0.3, 0.4) is 0 Å². The Labute approximate surface area is 120 Å². The molecule has 0 amide bonds. The van der Waals surface area contributed by atoms with Crippen molar-refractivity contribution in [3.05, 3.63) is 24.0 Å². The molecule has 20 heavy (non-hydrogen) atoms. The number of hydrogen-bond acceptors (Lipinski definition) is 4. The fourth-order valence-corrected chi connectivity index (χ4v) is 2.59. The maximum atomic E-state index is 13.2. The Kier molecular flexibility index (Phi) is 4.61. The van der Waals surface area contributed by atoms with Crippen molar-refractivity contribution in [2.24, 2.45) is 0 Å². The molecular weight excluding hydrogens is 281 g/mol. The SMILES string of the molecule is CN(C)CCn1c(SCC(=O)O)nc2cc(F)ccc21. The molecule has 0 saturated heterocycles. The smallest absolute Gasteiger partial charge is 0.313 e. The molecule has 0 fully saturated rings. The molecule has 2 rings (SSSR count). The Hall–Kier alpha value is -1.60. The van der Waals surface area contributed by atoms with Crippen molar-refractivity contribution in [3.8, 4) is 0 Å². The van der Waals surface area contributed by atoms with Crippen LogP contribution < -0.4 is 0 Å². The normalized spacial score (nSPS) is 11.4. The molecule has 7 heteroatoms. The van der Waals surface area contributed by atoms with E-state index in [0.717, 1.165) is 23.8 Å². The molecule has 1 N–H and O–H groups in total. The Bertz CT molecular complexity index is 627. The molecule has 0 aliphatic rings. The van der Waals surface area contributed by atoms with Gasteiger partial charge < -0.3 is 14.6 Å². The van der Waals surface area contributed by atoms with Crippen LogP contribution in [0.5, 0.6) is 0 Å². The van der Waals surface area contributed by atoms with Crippen LogP contribution in [0.25, 0.3) is 11.0 Å². The molecule has 0 radical (unpaired) electrons. The Morgan fingerprint density at radius 2 is 2.25 bits per heavy atom. The highest BCUT2D eigenvalue weighted by Gasteiger charge is 2.13.